The zero-order chi connectivity index (χ0) is 24.2. The van der Waals surface area contributed by atoms with Gasteiger partial charge in [-0.05, 0) is 38.8 Å². The Labute approximate surface area is 196 Å². The summed E-state index contributed by atoms with van der Waals surface area (Å²) in [6.07, 6.45) is -2.64. The second-order valence-electron chi connectivity index (χ2n) is 10.6. The minimum atomic E-state index is -1.39. The van der Waals surface area contributed by atoms with Crippen molar-refractivity contribution < 1.29 is 47.2 Å². The third-order valence-electron chi connectivity index (χ3n) is 7.88. The lowest BCUT2D eigenvalue weighted by Gasteiger charge is -2.32. The summed E-state index contributed by atoms with van der Waals surface area (Å²) in [6.45, 7) is 8.75. The highest BCUT2D eigenvalue weighted by Gasteiger charge is 2.79. The number of aryl methyl sites for hydroxylation is 1. The van der Waals surface area contributed by atoms with E-state index in [2.05, 4.69) is 0 Å². The summed E-state index contributed by atoms with van der Waals surface area (Å²) in [5, 5.41) is 0. The summed E-state index contributed by atoms with van der Waals surface area (Å²) < 4.78 is 41.2. The highest BCUT2D eigenvalue weighted by atomic mass is 16.7. The molecule has 4 saturated heterocycles. The maximum Gasteiger partial charge on any atom is 0.345 e. The first-order chi connectivity index (χ1) is 16.0. The van der Waals surface area contributed by atoms with Gasteiger partial charge < -0.3 is 32.8 Å². The number of rotatable bonds is 3. The Morgan fingerprint density at radius 3 is 2.41 bits per heavy atom. The molecule has 1 aromatic heterocycles. The molecular formula is C24H28O10. The van der Waals surface area contributed by atoms with Crippen molar-refractivity contribution in [3.05, 3.63) is 23.2 Å². The fourth-order valence-corrected chi connectivity index (χ4v) is 5.86. The summed E-state index contributed by atoms with van der Waals surface area (Å²) in [7, 11) is 0. The topological polar surface area (TPSA) is 130 Å². The highest BCUT2D eigenvalue weighted by molar-refractivity contribution is 5.88. The molecule has 1 unspecified atom stereocenters. The van der Waals surface area contributed by atoms with E-state index in [0.717, 1.165) is 5.56 Å². The van der Waals surface area contributed by atoms with Gasteiger partial charge in [0.15, 0.2) is 6.10 Å². The maximum atomic E-state index is 13.1. The van der Waals surface area contributed by atoms with Gasteiger partial charge in [-0.15, -0.1) is 0 Å². The van der Waals surface area contributed by atoms with Crippen LogP contribution in [0.25, 0.3) is 0 Å². The van der Waals surface area contributed by atoms with Gasteiger partial charge in [0.25, 0.3) is 0 Å². The standard InChI is InChI=1S/C24H28O10/c1-10-6-14-19-22(4,33-19)8-15-20-24(34-20,21(27)32-15)16(29-11(2)25)7-13(23(5)9-28-23)18(17(10)31-14)30-12(3)26/h6,13,15-16,18-20H,7-9H2,1-5H3/t13?,15-,16+,18-,19+,20-,22+,23-,24-/m0/s1. The molecule has 6 rings (SSSR count). The third-order valence-corrected chi connectivity index (χ3v) is 7.88. The lowest BCUT2D eigenvalue weighted by Crippen LogP contribution is -2.44. The molecule has 4 bridgehead atoms. The number of carbonyl (C=O) groups excluding carboxylic acids is 3. The van der Waals surface area contributed by atoms with Gasteiger partial charge in [-0.2, -0.15) is 0 Å². The number of ether oxygens (including phenoxy) is 6. The smallest absolute Gasteiger partial charge is 0.345 e. The highest BCUT2D eigenvalue weighted by Crippen LogP contribution is 2.60. The maximum absolute atomic E-state index is 13.1. The van der Waals surface area contributed by atoms with Crippen LogP contribution >= 0.6 is 0 Å². The molecule has 5 aliphatic heterocycles. The van der Waals surface area contributed by atoms with E-state index in [0.29, 0.717) is 24.5 Å². The van der Waals surface area contributed by atoms with E-state index in [1.54, 1.807) is 0 Å². The Balaban J connectivity index is 1.48. The van der Waals surface area contributed by atoms with Gasteiger partial charge in [0.1, 0.15) is 41.5 Å². The van der Waals surface area contributed by atoms with Crippen LogP contribution in [0, 0.1) is 12.8 Å². The predicted octanol–water partition coefficient (Wildman–Crippen LogP) is 2.22. The molecule has 5 aliphatic rings. The number of carbonyl (C=O) groups is 3. The van der Waals surface area contributed by atoms with E-state index in [1.807, 2.05) is 26.8 Å². The monoisotopic (exact) mass is 476 g/mol. The van der Waals surface area contributed by atoms with Gasteiger partial charge in [0, 0.05) is 26.2 Å². The molecule has 6 heterocycles. The second-order valence-corrected chi connectivity index (χ2v) is 10.6. The Kier molecular flexibility index (Phi) is 4.43. The van der Waals surface area contributed by atoms with Crippen molar-refractivity contribution in [2.45, 2.75) is 94.8 Å². The average molecular weight is 476 g/mol. The number of epoxide rings is 3. The largest absolute Gasteiger partial charge is 0.459 e. The molecule has 10 heteroatoms. The SMILES string of the molecule is CC(=O)O[C@@H]1c2oc(cc2C)[C@H]2O[C@]2(C)C[C@@H]2OC(=O)[C@]3(O[C@@H]23)[C@H](OC(C)=O)CC1[C@]1(C)CO1. The summed E-state index contributed by atoms with van der Waals surface area (Å²) in [4.78, 5) is 37.4. The van der Waals surface area contributed by atoms with Crippen LogP contribution in [0.15, 0.2) is 10.5 Å². The van der Waals surface area contributed by atoms with Crippen molar-refractivity contribution in [1.29, 1.82) is 0 Å². The van der Waals surface area contributed by atoms with Crippen molar-refractivity contribution in [3.63, 3.8) is 0 Å². The normalized spacial score (nSPS) is 46.0. The molecule has 0 aliphatic carbocycles. The molecular weight excluding hydrogens is 448 g/mol. The molecule has 0 spiro atoms. The zero-order valence-corrected chi connectivity index (χ0v) is 19.7. The van der Waals surface area contributed by atoms with Crippen LogP contribution in [0.4, 0.5) is 0 Å². The van der Waals surface area contributed by atoms with Crippen LogP contribution in [0.1, 0.15) is 69.8 Å². The van der Waals surface area contributed by atoms with E-state index < -0.39 is 65.0 Å². The van der Waals surface area contributed by atoms with Gasteiger partial charge in [-0.25, -0.2) is 4.79 Å². The quantitative estimate of drug-likeness (QED) is 0.364. The number of furan rings is 1. The summed E-state index contributed by atoms with van der Waals surface area (Å²) in [5.74, 6) is -0.966. The fourth-order valence-electron chi connectivity index (χ4n) is 5.86. The average Bonchev–Trinajstić information content (AvgIpc) is 3.67. The molecule has 9 atom stereocenters. The van der Waals surface area contributed by atoms with Crippen molar-refractivity contribution in [1.82, 2.24) is 0 Å². The second kappa shape index (κ2) is 6.83. The van der Waals surface area contributed by atoms with Crippen LogP contribution in [0.5, 0.6) is 0 Å². The van der Waals surface area contributed by atoms with Crippen LogP contribution in [0.3, 0.4) is 0 Å². The number of esters is 3. The van der Waals surface area contributed by atoms with Gasteiger partial charge >= 0.3 is 17.9 Å². The summed E-state index contributed by atoms with van der Waals surface area (Å²) in [6, 6.07) is 1.89. The number of fused-ring (bicyclic) bond motifs is 4. The van der Waals surface area contributed by atoms with Gasteiger partial charge in [-0.3, -0.25) is 9.59 Å². The lowest BCUT2D eigenvalue weighted by molar-refractivity contribution is -0.169. The van der Waals surface area contributed by atoms with E-state index in [1.165, 1.54) is 13.8 Å². The molecule has 0 amide bonds. The van der Waals surface area contributed by atoms with Gasteiger partial charge in [0.05, 0.1) is 12.2 Å². The third kappa shape index (κ3) is 3.15. The van der Waals surface area contributed by atoms with E-state index in [4.69, 9.17) is 32.8 Å². The molecule has 0 saturated carbocycles. The molecule has 34 heavy (non-hydrogen) atoms. The molecule has 0 N–H and O–H groups in total. The predicted molar refractivity (Wildman–Crippen MR) is 110 cm³/mol. The first kappa shape index (κ1) is 22.1. The first-order valence-corrected chi connectivity index (χ1v) is 11.6. The van der Waals surface area contributed by atoms with Crippen molar-refractivity contribution in [2.75, 3.05) is 6.61 Å². The van der Waals surface area contributed by atoms with Crippen molar-refractivity contribution >= 4 is 17.9 Å². The Bertz CT molecular complexity index is 1090. The van der Waals surface area contributed by atoms with Crippen LogP contribution in [0.2, 0.25) is 0 Å². The van der Waals surface area contributed by atoms with Gasteiger partial charge in [-0.1, -0.05) is 0 Å². The molecule has 184 valence electrons. The van der Waals surface area contributed by atoms with Crippen LogP contribution < -0.4 is 0 Å². The molecule has 10 nitrogen and oxygen atoms in total. The Morgan fingerprint density at radius 2 is 1.79 bits per heavy atom. The zero-order valence-electron chi connectivity index (χ0n) is 19.7. The molecule has 0 radical (unpaired) electrons. The summed E-state index contributed by atoms with van der Waals surface area (Å²) in [5.41, 5.74) is -1.87. The minimum Gasteiger partial charge on any atom is -0.459 e. The Morgan fingerprint density at radius 1 is 1.09 bits per heavy atom. The molecule has 1 aromatic rings. The van der Waals surface area contributed by atoms with Crippen molar-refractivity contribution in [3.8, 4) is 0 Å². The van der Waals surface area contributed by atoms with E-state index in [-0.39, 0.29) is 12.5 Å². The van der Waals surface area contributed by atoms with Crippen LogP contribution in [-0.4, -0.2) is 59.6 Å². The summed E-state index contributed by atoms with van der Waals surface area (Å²) >= 11 is 0. The van der Waals surface area contributed by atoms with Crippen molar-refractivity contribution in [2.24, 2.45) is 5.92 Å². The van der Waals surface area contributed by atoms with E-state index in [9.17, 15) is 14.4 Å². The minimum absolute atomic E-state index is 0.152. The molecule has 0 aromatic carbocycles. The lowest BCUT2D eigenvalue weighted by atomic mass is 9.79. The van der Waals surface area contributed by atoms with Gasteiger partial charge in [0.2, 0.25) is 5.60 Å². The first-order valence-electron chi connectivity index (χ1n) is 11.6. The number of hydrogen-bond donors (Lipinski definition) is 0. The number of hydrogen-bond acceptors (Lipinski definition) is 10. The van der Waals surface area contributed by atoms with E-state index >= 15 is 0 Å². The van der Waals surface area contributed by atoms with Crippen LogP contribution in [-0.2, 0) is 42.8 Å². The fraction of sp³-hybridized carbons (Fsp3) is 0.708. The molecule has 4 fully saturated rings. The Hall–Kier alpha value is -2.43.